The van der Waals surface area contributed by atoms with E-state index in [9.17, 15) is 4.79 Å². The van der Waals surface area contributed by atoms with Crippen molar-refractivity contribution in [3.63, 3.8) is 0 Å². The van der Waals surface area contributed by atoms with Crippen LogP contribution in [0.1, 0.15) is 27.3 Å². The minimum absolute atomic E-state index is 0.302. The van der Waals surface area contributed by atoms with Crippen molar-refractivity contribution in [2.45, 2.75) is 24.8 Å². The Hall–Kier alpha value is -1.88. The predicted molar refractivity (Wildman–Crippen MR) is 74.5 cm³/mol. The number of aromatic nitrogens is 2. The fraction of sp³-hybridized carbons (Fsp3) is 0.214. The summed E-state index contributed by atoms with van der Waals surface area (Å²) in [5.74, 6) is -0.181. The minimum Gasteiger partial charge on any atom is -0.478 e. The van der Waals surface area contributed by atoms with Crippen LogP contribution in [0.5, 0.6) is 0 Å². The smallest absolute Gasteiger partial charge is 0.335 e. The molecule has 0 bridgehead atoms. The van der Waals surface area contributed by atoms with Crippen LogP contribution in [0.4, 0.5) is 0 Å². The molecule has 1 aromatic carbocycles. The first-order chi connectivity index (χ1) is 9.04. The molecule has 0 unspecified atom stereocenters. The molecule has 0 spiro atoms. The van der Waals surface area contributed by atoms with Gasteiger partial charge in [0, 0.05) is 17.1 Å². The van der Waals surface area contributed by atoms with Gasteiger partial charge < -0.3 is 5.11 Å². The molecule has 1 heterocycles. The van der Waals surface area contributed by atoms with Crippen LogP contribution in [-0.4, -0.2) is 21.0 Å². The molecule has 4 nitrogen and oxygen atoms in total. The molecule has 0 aliphatic heterocycles. The van der Waals surface area contributed by atoms with Crippen molar-refractivity contribution in [1.82, 2.24) is 9.97 Å². The molecule has 1 aromatic heterocycles. The number of carboxylic acid groups (broad SMARTS) is 1. The Morgan fingerprint density at radius 3 is 2.26 bits per heavy atom. The molecular formula is C14H14N2O2S. The fourth-order valence-electron chi connectivity index (χ4n) is 1.65. The molecule has 19 heavy (non-hydrogen) atoms. The number of thioether (sulfide) groups is 1. The van der Waals surface area contributed by atoms with E-state index in [0.717, 1.165) is 27.9 Å². The zero-order valence-corrected chi connectivity index (χ0v) is 11.6. The number of carboxylic acids is 1. The lowest BCUT2D eigenvalue weighted by atomic mass is 10.1. The third-order valence-corrected chi connectivity index (χ3v) is 3.45. The van der Waals surface area contributed by atoms with E-state index in [-0.39, 0.29) is 0 Å². The van der Waals surface area contributed by atoms with Gasteiger partial charge in [0.2, 0.25) is 0 Å². The number of nitrogens with zero attached hydrogens (tertiary/aromatic N) is 2. The molecule has 98 valence electrons. The van der Waals surface area contributed by atoms with Crippen LogP contribution in [0.2, 0.25) is 0 Å². The van der Waals surface area contributed by atoms with Crippen molar-refractivity contribution in [3.05, 3.63) is 52.8 Å². The van der Waals surface area contributed by atoms with Gasteiger partial charge in [-0.3, -0.25) is 0 Å². The molecule has 0 saturated heterocycles. The van der Waals surface area contributed by atoms with Crippen LogP contribution < -0.4 is 0 Å². The third kappa shape index (κ3) is 3.79. The Morgan fingerprint density at radius 2 is 1.74 bits per heavy atom. The van der Waals surface area contributed by atoms with Crippen LogP contribution >= 0.6 is 11.8 Å². The van der Waals surface area contributed by atoms with Gasteiger partial charge in [0.25, 0.3) is 0 Å². The minimum atomic E-state index is -0.906. The molecule has 2 aromatic rings. The van der Waals surface area contributed by atoms with Gasteiger partial charge in [-0.05, 0) is 37.6 Å². The summed E-state index contributed by atoms with van der Waals surface area (Å²) in [5.41, 5.74) is 3.27. The van der Waals surface area contributed by atoms with Gasteiger partial charge in [0.05, 0.1) is 5.56 Å². The average molecular weight is 274 g/mol. The maximum atomic E-state index is 10.7. The Morgan fingerprint density at radius 1 is 1.16 bits per heavy atom. The molecular weight excluding hydrogens is 260 g/mol. The largest absolute Gasteiger partial charge is 0.478 e. The van der Waals surface area contributed by atoms with Crippen LogP contribution in [0, 0.1) is 13.8 Å². The zero-order chi connectivity index (χ0) is 13.8. The first-order valence-corrected chi connectivity index (χ1v) is 6.80. The molecule has 5 heteroatoms. The normalized spacial score (nSPS) is 10.4. The molecule has 0 aliphatic rings. The summed E-state index contributed by atoms with van der Waals surface area (Å²) in [6.07, 6.45) is 0. The highest BCUT2D eigenvalue weighted by Gasteiger charge is 2.04. The van der Waals surface area contributed by atoms with E-state index in [1.54, 1.807) is 23.9 Å². The van der Waals surface area contributed by atoms with Gasteiger partial charge in [-0.25, -0.2) is 14.8 Å². The number of rotatable bonds is 4. The summed E-state index contributed by atoms with van der Waals surface area (Å²) in [7, 11) is 0. The molecule has 0 fully saturated rings. The molecule has 1 N–H and O–H groups in total. The van der Waals surface area contributed by atoms with Crippen molar-refractivity contribution < 1.29 is 9.90 Å². The lowest BCUT2D eigenvalue weighted by Crippen LogP contribution is -1.96. The summed E-state index contributed by atoms with van der Waals surface area (Å²) in [6.45, 7) is 3.89. The molecule has 0 atom stereocenters. The average Bonchev–Trinajstić information content (AvgIpc) is 2.36. The van der Waals surface area contributed by atoms with Crippen molar-refractivity contribution >= 4 is 17.7 Å². The standard InChI is InChI=1S/C14H14N2O2S/c1-9-7-10(2)16-14(15-9)19-8-11-3-5-12(6-4-11)13(17)18/h3-7H,8H2,1-2H3,(H,17,18). The van der Waals surface area contributed by atoms with E-state index in [4.69, 9.17) is 5.11 Å². The van der Waals surface area contributed by atoms with E-state index in [1.165, 1.54) is 0 Å². The molecule has 0 saturated carbocycles. The Labute approximate surface area is 115 Å². The monoisotopic (exact) mass is 274 g/mol. The summed E-state index contributed by atoms with van der Waals surface area (Å²) < 4.78 is 0. The number of hydrogen-bond acceptors (Lipinski definition) is 4. The highest BCUT2D eigenvalue weighted by atomic mass is 32.2. The predicted octanol–water partition coefficient (Wildman–Crippen LogP) is 3.08. The SMILES string of the molecule is Cc1cc(C)nc(SCc2ccc(C(=O)O)cc2)n1. The summed E-state index contributed by atoms with van der Waals surface area (Å²) >= 11 is 1.55. The van der Waals surface area contributed by atoms with Crippen LogP contribution in [-0.2, 0) is 5.75 Å². The lowest BCUT2D eigenvalue weighted by molar-refractivity contribution is 0.0697. The molecule has 0 aliphatic carbocycles. The summed E-state index contributed by atoms with van der Waals surface area (Å²) in [6, 6.07) is 8.80. The lowest BCUT2D eigenvalue weighted by Gasteiger charge is -2.03. The third-order valence-electron chi connectivity index (χ3n) is 2.53. The van der Waals surface area contributed by atoms with Gasteiger partial charge in [-0.1, -0.05) is 23.9 Å². The van der Waals surface area contributed by atoms with Gasteiger partial charge >= 0.3 is 5.97 Å². The van der Waals surface area contributed by atoms with Crippen molar-refractivity contribution in [1.29, 1.82) is 0 Å². The van der Waals surface area contributed by atoms with Crippen LogP contribution in [0.15, 0.2) is 35.5 Å². The topological polar surface area (TPSA) is 63.1 Å². The number of aromatic carboxylic acids is 1. The Bertz CT molecular complexity index is 577. The van der Waals surface area contributed by atoms with Crippen molar-refractivity contribution in [2.75, 3.05) is 0 Å². The van der Waals surface area contributed by atoms with Gasteiger partial charge in [0.15, 0.2) is 5.16 Å². The van der Waals surface area contributed by atoms with Gasteiger partial charge in [-0.15, -0.1) is 0 Å². The van der Waals surface area contributed by atoms with E-state index < -0.39 is 5.97 Å². The maximum Gasteiger partial charge on any atom is 0.335 e. The quantitative estimate of drug-likeness (QED) is 0.685. The highest BCUT2D eigenvalue weighted by molar-refractivity contribution is 7.98. The summed E-state index contributed by atoms with van der Waals surface area (Å²) in [5, 5.41) is 9.57. The van der Waals surface area contributed by atoms with E-state index in [1.807, 2.05) is 32.0 Å². The molecule has 0 radical (unpaired) electrons. The second-order valence-corrected chi connectivity index (χ2v) is 5.17. The number of hydrogen-bond donors (Lipinski definition) is 1. The van der Waals surface area contributed by atoms with Crippen LogP contribution in [0.25, 0.3) is 0 Å². The van der Waals surface area contributed by atoms with E-state index >= 15 is 0 Å². The van der Waals surface area contributed by atoms with Crippen LogP contribution in [0.3, 0.4) is 0 Å². The Kier molecular flexibility index (Phi) is 4.16. The van der Waals surface area contributed by atoms with E-state index in [0.29, 0.717) is 5.56 Å². The zero-order valence-electron chi connectivity index (χ0n) is 10.8. The molecule has 2 rings (SSSR count). The number of benzene rings is 1. The number of aryl methyl sites for hydroxylation is 2. The second-order valence-electron chi connectivity index (χ2n) is 4.22. The first kappa shape index (κ1) is 13.5. The molecule has 0 amide bonds. The first-order valence-electron chi connectivity index (χ1n) is 5.82. The van der Waals surface area contributed by atoms with Gasteiger partial charge in [-0.2, -0.15) is 0 Å². The second kappa shape index (κ2) is 5.84. The van der Waals surface area contributed by atoms with Crippen molar-refractivity contribution in [2.24, 2.45) is 0 Å². The number of carbonyl (C=O) groups is 1. The Balaban J connectivity index is 2.03. The van der Waals surface area contributed by atoms with Crippen molar-refractivity contribution in [3.8, 4) is 0 Å². The fourth-order valence-corrected chi connectivity index (χ4v) is 2.55. The van der Waals surface area contributed by atoms with Gasteiger partial charge in [0.1, 0.15) is 0 Å². The summed E-state index contributed by atoms with van der Waals surface area (Å²) in [4.78, 5) is 19.4. The highest BCUT2D eigenvalue weighted by Crippen LogP contribution is 2.20. The van der Waals surface area contributed by atoms with E-state index in [2.05, 4.69) is 9.97 Å². The maximum absolute atomic E-state index is 10.7.